The Morgan fingerprint density at radius 1 is 1.14 bits per heavy atom. The molecule has 2 unspecified atom stereocenters. The molecule has 0 amide bonds. The number of ether oxygens (including phenoxy) is 1. The van der Waals surface area contributed by atoms with Crippen LogP contribution < -0.4 is 0 Å². The van der Waals surface area contributed by atoms with Crippen LogP contribution in [0.25, 0.3) is 0 Å². The van der Waals surface area contributed by atoms with E-state index in [4.69, 9.17) is 9.15 Å². The van der Waals surface area contributed by atoms with Crippen LogP contribution in [-0.2, 0) is 22.6 Å². The minimum absolute atomic E-state index is 0.0529. The molecule has 0 N–H and O–H groups in total. The minimum atomic E-state index is -0.123. The van der Waals surface area contributed by atoms with Crippen molar-refractivity contribution in [2.24, 2.45) is 17.3 Å². The fraction of sp³-hybridized carbons (Fsp3) is 0.400. The molecule has 3 heteroatoms. The van der Waals surface area contributed by atoms with E-state index in [9.17, 15) is 4.79 Å². The monoisotopic (exact) mass is 378 g/mol. The van der Waals surface area contributed by atoms with E-state index in [-0.39, 0.29) is 29.8 Å². The summed E-state index contributed by atoms with van der Waals surface area (Å²) in [4.78, 5) is 12.6. The van der Waals surface area contributed by atoms with Crippen LogP contribution in [0.2, 0.25) is 0 Å². The zero-order chi connectivity index (χ0) is 20.3. The van der Waals surface area contributed by atoms with Gasteiger partial charge in [0.2, 0.25) is 0 Å². The third-order valence-electron chi connectivity index (χ3n) is 5.43. The van der Waals surface area contributed by atoms with Crippen molar-refractivity contribution >= 4 is 5.97 Å². The van der Waals surface area contributed by atoms with Crippen LogP contribution in [0, 0.1) is 17.3 Å². The van der Waals surface area contributed by atoms with E-state index >= 15 is 0 Å². The SMILES string of the molecule is CC(C)=CC(C)=CC1C(C(=O)OCc2coc(Cc3ccccc3)c2)C1(C)C. The van der Waals surface area contributed by atoms with E-state index < -0.39 is 0 Å². The molecule has 2 aromatic rings. The first-order valence-corrected chi connectivity index (χ1v) is 9.87. The van der Waals surface area contributed by atoms with Gasteiger partial charge in [0.15, 0.2) is 0 Å². The molecule has 2 atom stereocenters. The summed E-state index contributed by atoms with van der Waals surface area (Å²) in [5.74, 6) is 0.904. The first-order valence-electron chi connectivity index (χ1n) is 9.87. The third-order valence-corrected chi connectivity index (χ3v) is 5.43. The van der Waals surface area contributed by atoms with Crippen molar-refractivity contribution in [2.75, 3.05) is 0 Å². The summed E-state index contributed by atoms with van der Waals surface area (Å²) >= 11 is 0. The number of furan rings is 1. The molecule has 0 radical (unpaired) electrons. The van der Waals surface area contributed by atoms with Crippen molar-refractivity contribution in [3.8, 4) is 0 Å². The van der Waals surface area contributed by atoms with Gasteiger partial charge in [-0.15, -0.1) is 0 Å². The number of carbonyl (C=O) groups excluding carboxylic acids is 1. The summed E-state index contributed by atoms with van der Waals surface area (Å²) in [5, 5.41) is 0. The molecule has 1 heterocycles. The highest BCUT2D eigenvalue weighted by Gasteiger charge is 2.61. The second kappa shape index (κ2) is 8.22. The van der Waals surface area contributed by atoms with Gasteiger partial charge in [0.05, 0.1) is 12.2 Å². The molecule has 3 nitrogen and oxygen atoms in total. The lowest BCUT2D eigenvalue weighted by molar-refractivity contribution is -0.147. The first-order chi connectivity index (χ1) is 13.3. The maximum atomic E-state index is 12.6. The Labute approximate surface area is 168 Å². The van der Waals surface area contributed by atoms with Gasteiger partial charge in [-0.25, -0.2) is 0 Å². The summed E-state index contributed by atoms with van der Waals surface area (Å²) in [5.41, 5.74) is 4.50. The Morgan fingerprint density at radius 3 is 2.54 bits per heavy atom. The Balaban J connectivity index is 1.55. The Kier molecular flexibility index (Phi) is 5.93. The lowest BCUT2D eigenvalue weighted by atomic mass is 10.1. The highest BCUT2D eigenvalue weighted by Crippen LogP contribution is 2.60. The van der Waals surface area contributed by atoms with E-state index in [1.54, 1.807) is 6.26 Å². The smallest absolute Gasteiger partial charge is 0.310 e. The summed E-state index contributed by atoms with van der Waals surface area (Å²) in [6, 6.07) is 12.1. The van der Waals surface area contributed by atoms with Crippen LogP contribution in [0.1, 0.15) is 51.5 Å². The number of allylic oxidation sites excluding steroid dienone is 4. The van der Waals surface area contributed by atoms with Crippen molar-refractivity contribution in [3.63, 3.8) is 0 Å². The maximum Gasteiger partial charge on any atom is 0.310 e. The van der Waals surface area contributed by atoms with Gasteiger partial charge in [-0.1, -0.05) is 67.5 Å². The van der Waals surface area contributed by atoms with Gasteiger partial charge < -0.3 is 9.15 Å². The van der Waals surface area contributed by atoms with Gasteiger partial charge in [-0.2, -0.15) is 0 Å². The molecule has 0 spiro atoms. The van der Waals surface area contributed by atoms with Gasteiger partial charge in [0.1, 0.15) is 12.4 Å². The standard InChI is InChI=1S/C25H30O3/c1-17(2)11-18(3)12-22-23(25(22,4)5)24(26)28-16-20-14-21(27-15-20)13-19-9-7-6-8-10-19/h6-12,14-15,22-23H,13,16H2,1-5H3. The van der Waals surface area contributed by atoms with E-state index in [0.29, 0.717) is 0 Å². The second-order valence-electron chi connectivity index (χ2n) is 8.65. The number of carbonyl (C=O) groups is 1. The molecule has 1 aliphatic carbocycles. The van der Waals surface area contributed by atoms with Crippen LogP contribution in [0.4, 0.5) is 0 Å². The molecule has 1 aliphatic rings. The quantitative estimate of drug-likeness (QED) is 0.432. The largest absolute Gasteiger partial charge is 0.469 e. The predicted molar refractivity (Wildman–Crippen MR) is 112 cm³/mol. The number of hydrogen-bond acceptors (Lipinski definition) is 3. The first kappa shape index (κ1) is 20.2. The molecule has 3 rings (SSSR count). The minimum Gasteiger partial charge on any atom is -0.469 e. The summed E-state index contributed by atoms with van der Waals surface area (Å²) in [7, 11) is 0. The predicted octanol–water partition coefficient (Wildman–Crippen LogP) is 6.10. The average Bonchev–Trinajstić information content (AvgIpc) is 2.95. The van der Waals surface area contributed by atoms with Gasteiger partial charge in [-0.05, 0) is 43.7 Å². The molecule has 1 aromatic heterocycles. The average molecular weight is 379 g/mol. The van der Waals surface area contributed by atoms with Crippen LogP contribution in [0.15, 0.2) is 70.4 Å². The Morgan fingerprint density at radius 2 is 1.86 bits per heavy atom. The normalized spacial score (nSPS) is 20.5. The van der Waals surface area contributed by atoms with E-state index in [0.717, 1.165) is 17.7 Å². The van der Waals surface area contributed by atoms with E-state index in [1.807, 2.05) is 24.3 Å². The highest BCUT2D eigenvalue weighted by atomic mass is 16.5. The van der Waals surface area contributed by atoms with E-state index in [1.165, 1.54) is 16.7 Å². The molecule has 1 saturated carbocycles. The zero-order valence-electron chi connectivity index (χ0n) is 17.5. The fourth-order valence-corrected chi connectivity index (χ4v) is 3.86. The molecule has 1 aromatic carbocycles. The van der Waals surface area contributed by atoms with E-state index in [2.05, 4.69) is 58.9 Å². The fourth-order valence-electron chi connectivity index (χ4n) is 3.86. The van der Waals surface area contributed by atoms with Crippen LogP contribution >= 0.6 is 0 Å². The van der Waals surface area contributed by atoms with Crippen LogP contribution in [0.5, 0.6) is 0 Å². The van der Waals surface area contributed by atoms with Gasteiger partial charge >= 0.3 is 5.97 Å². The summed E-state index contributed by atoms with van der Waals surface area (Å²) in [6.07, 6.45) is 6.77. The molecule has 148 valence electrons. The van der Waals surface area contributed by atoms with Crippen molar-refractivity contribution in [3.05, 3.63) is 82.8 Å². The molecule has 0 bridgehead atoms. The number of benzene rings is 1. The highest BCUT2D eigenvalue weighted by molar-refractivity contribution is 5.78. The van der Waals surface area contributed by atoms with Crippen molar-refractivity contribution in [1.82, 2.24) is 0 Å². The molecule has 0 saturated heterocycles. The van der Waals surface area contributed by atoms with Gasteiger partial charge in [0, 0.05) is 12.0 Å². The number of esters is 1. The maximum absolute atomic E-state index is 12.6. The molecular formula is C25H30O3. The number of rotatable bonds is 7. The van der Waals surface area contributed by atoms with Gasteiger partial charge in [-0.3, -0.25) is 4.79 Å². The summed E-state index contributed by atoms with van der Waals surface area (Å²) < 4.78 is 11.2. The van der Waals surface area contributed by atoms with Crippen molar-refractivity contribution in [1.29, 1.82) is 0 Å². The van der Waals surface area contributed by atoms with Crippen molar-refractivity contribution < 1.29 is 13.9 Å². The van der Waals surface area contributed by atoms with Crippen molar-refractivity contribution in [2.45, 2.75) is 47.6 Å². The van der Waals surface area contributed by atoms with Crippen LogP contribution in [0.3, 0.4) is 0 Å². The Hall–Kier alpha value is -2.55. The number of hydrogen-bond donors (Lipinski definition) is 0. The molecule has 1 fully saturated rings. The molecular weight excluding hydrogens is 348 g/mol. The molecule has 0 aliphatic heterocycles. The second-order valence-corrected chi connectivity index (χ2v) is 8.65. The third kappa shape index (κ3) is 4.83. The summed E-state index contributed by atoms with van der Waals surface area (Å²) in [6.45, 7) is 10.8. The van der Waals surface area contributed by atoms with Crippen LogP contribution in [-0.4, -0.2) is 5.97 Å². The Bertz CT molecular complexity index is 880. The zero-order valence-corrected chi connectivity index (χ0v) is 17.5. The lowest BCUT2D eigenvalue weighted by Gasteiger charge is -2.03. The van der Waals surface area contributed by atoms with Gasteiger partial charge in [0.25, 0.3) is 0 Å². The molecule has 28 heavy (non-hydrogen) atoms. The lowest BCUT2D eigenvalue weighted by Crippen LogP contribution is -2.10. The topological polar surface area (TPSA) is 39.4 Å².